The van der Waals surface area contributed by atoms with Crippen LogP contribution in [0.25, 0.3) is 0 Å². The Hall–Kier alpha value is -0.540. The fourth-order valence-electron chi connectivity index (χ4n) is 1.79. The van der Waals surface area contributed by atoms with Crippen molar-refractivity contribution >= 4 is 39.1 Å². The van der Waals surface area contributed by atoms with Gasteiger partial charge in [-0.25, -0.2) is 0 Å². The van der Waals surface area contributed by atoms with Crippen LogP contribution < -0.4 is 4.90 Å². The van der Waals surface area contributed by atoms with Crippen molar-refractivity contribution in [3.05, 3.63) is 28.2 Å². The molecule has 4 heteroatoms. The summed E-state index contributed by atoms with van der Waals surface area (Å²) in [6.45, 7) is 2.61. The van der Waals surface area contributed by atoms with Crippen molar-refractivity contribution in [2.75, 3.05) is 11.4 Å². The first kappa shape index (κ1) is 11.0. The van der Waals surface area contributed by atoms with Crippen LogP contribution in [-0.4, -0.2) is 17.8 Å². The van der Waals surface area contributed by atoms with Crippen molar-refractivity contribution in [1.29, 1.82) is 0 Å². The van der Waals surface area contributed by atoms with Crippen LogP contribution in [0.2, 0.25) is 0 Å². The standard InChI is InChI=1S/C11H11BrClNO/c1-7-2-8(12)4-10(3-7)14-6-9(13)5-11(14)15/h2-4,9H,5-6H2,1H3. The zero-order valence-corrected chi connectivity index (χ0v) is 10.7. The van der Waals surface area contributed by atoms with Crippen LogP contribution in [-0.2, 0) is 4.79 Å². The maximum atomic E-state index is 11.6. The third kappa shape index (κ3) is 2.34. The number of aryl methyl sites for hydroxylation is 1. The van der Waals surface area contributed by atoms with Crippen molar-refractivity contribution in [2.24, 2.45) is 0 Å². The normalized spacial score (nSPS) is 21.1. The summed E-state index contributed by atoms with van der Waals surface area (Å²) in [5.41, 5.74) is 2.06. The van der Waals surface area contributed by atoms with Gasteiger partial charge >= 0.3 is 0 Å². The summed E-state index contributed by atoms with van der Waals surface area (Å²) < 4.78 is 0.989. The van der Waals surface area contributed by atoms with Gasteiger partial charge in [-0.2, -0.15) is 0 Å². The van der Waals surface area contributed by atoms with Crippen molar-refractivity contribution in [3.8, 4) is 0 Å². The maximum absolute atomic E-state index is 11.6. The smallest absolute Gasteiger partial charge is 0.228 e. The van der Waals surface area contributed by atoms with Gasteiger partial charge in [0, 0.05) is 23.1 Å². The lowest BCUT2D eigenvalue weighted by atomic mass is 10.2. The molecule has 0 spiro atoms. The molecule has 0 saturated carbocycles. The Labute approximate surface area is 102 Å². The van der Waals surface area contributed by atoms with E-state index < -0.39 is 0 Å². The highest BCUT2D eigenvalue weighted by molar-refractivity contribution is 9.10. The van der Waals surface area contributed by atoms with E-state index in [-0.39, 0.29) is 11.3 Å². The summed E-state index contributed by atoms with van der Waals surface area (Å²) in [6, 6.07) is 5.96. The van der Waals surface area contributed by atoms with E-state index in [2.05, 4.69) is 15.9 Å². The largest absolute Gasteiger partial charge is 0.311 e. The van der Waals surface area contributed by atoms with E-state index in [9.17, 15) is 4.79 Å². The molecule has 0 radical (unpaired) electrons. The molecule has 1 unspecified atom stereocenters. The second-order valence-electron chi connectivity index (χ2n) is 3.79. The van der Waals surface area contributed by atoms with E-state index in [1.807, 2.05) is 25.1 Å². The summed E-state index contributed by atoms with van der Waals surface area (Å²) in [5, 5.41) is -0.0585. The Balaban J connectivity index is 2.33. The predicted molar refractivity (Wildman–Crippen MR) is 65.5 cm³/mol. The van der Waals surface area contributed by atoms with Crippen LogP contribution in [0, 0.1) is 6.92 Å². The number of halogens is 2. The minimum atomic E-state index is -0.0585. The quantitative estimate of drug-likeness (QED) is 0.727. The Bertz CT molecular complexity index is 387. The Kier molecular flexibility index (Phi) is 3.03. The number of alkyl halides is 1. The molecule has 1 atom stereocenters. The molecule has 2 rings (SSSR count). The van der Waals surface area contributed by atoms with Crippen LogP contribution >= 0.6 is 27.5 Å². The first-order valence-corrected chi connectivity index (χ1v) is 6.01. The van der Waals surface area contributed by atoms with Gasteiger partial charge in [-0.1, -0.05) is 15.9 Å². The summed E-state index contributed by atoms with van der Waals surface area (Å²) in [4.78, 5) is 13.4. The minimum Gasteiger partial charge on any atom is -0.311 e. The zero-order valence-electron chi connectivity index (χ0n) is 8.34. The first-order chi connectivity index (χ1) is 7.06. The van der Waals surface area contributed by atoms with E-state index in [0.717, 1.165) is 15.7 Å². The number of rotatable bonds is 1. The molecule has 0 N–H and O–H groups in total. The molecular formula is C11H11BrClNO. The van der Waals surface area contributed by atoms with Gasteiger partial charge in [0.1, 0.15) is 0 Å². The lowest BCUT2D eigenvalue weighted by molar-refractivity contribution is -0.117. The highest BCUT2D eigenvalue weighted by Crippen LogP contribution is 2.27. The molecule has 0 bridgehead atoms. The van der Waals surface area contributed by atoms with E-state index in [1.54, 1.807) is 4.90 Å². The summed E-state index contributed by atoms with van der Waals surface area (Å²) >= 11 is 9.38. The van der Waals surface area contributed by atoms with Gasteiger partial charge in [0.05, 0.1) is 5.38 Å². The van der Waals surface area contributed by atoms with Crippen LogP contribution in [0.1, 0.15) is 12.0 Å². The molecule has 1 saturated heterocycles. The number of carbonyl (C=O) groups excluding carboxylic acids is 1. The highest BCUT2D eigenvalue weighted by Gasteiger charge is 2.29. The molecule has 1 aliphatic rings. The van der Waals surface area contributed by atoms with E-state index >= 15 is 0 Å². The summed E-state index contributed by atoms with van der Waals surface area (Å²) in [7, 11) is 0. The Morgan fingerprint density at radius 1 is 1.47 bits per heavy atom. The zero-order chi connectivity index (χ0) is 11.0. The van der Waals surface area contributed by atoms with Gasteiger partial charge in [-0.15, -0.1) is 11.6 Å². The van der Waals surface area contributed by atoms with Gasteiger partial charge in [-0.3, -0.25) is 4.79 Å². The van der Waals surface area contributed by atoms with Gasteiger partial charge in [0.2, 0.25) is 5.91 Å². The Morgan fingerprint density at radius 2 is 2.20 bits per heavy atom. The fraction of sp³-hybridized carbons (Fsp3) is 0.364. The number of amides is 1. The summed E-state index contributed by atoms with van der Waals surface area (Å²) in [6.07, 6.45) is 0.438. The SMILES string of the molecule is Cc1cc(Br)cc(N2CC(Cl)CC2=O)c1. The number of carbonyl (C=O) groups is 1. The van der Waals surface area contributed by atoms with E-state index in [4.69, 9.17) is 11.6 Å². The third-order valence-corrected chi connectivity index (χ3v) is 3.17. The average molecular weight is 289 g/mol. The first-order valence-electron chi connectivity index (χ1n) is 4.78. The average Bonchev–Trinajstić information content (AvgIpc) is 2.43. The fourth-order valence-corrected chi connectivity index (χ4v) is 2.65. The maximum Gasteiger partial charge on any atom is 0.228 e. The van der Waals surface area contributed by atoms with Crippen molar-refractivity contribution in [3.63, 3.8) is 0 Å². The topological polar surface area (TPSA) is 20.3 Å². The van der Waals surface area contributed by atoms with Crippen LogP contribution in [0.5, 0.6) is 0 Å². The predicted octanol–water partition coefficient (Wildman–Crippen LogP) is 3.10. The molecule has 0 aromatic heterocycles. The van der Waals surface area contributed by atoms with E-state index in [1.165, 1.54) is 0 Å². The molecule has 1 fully saturated rings. The van der Waals surface area contributed by atoms with Gasteiger partial charge in [-0.05, 0) is 30.7 Å². The minimum absolute atomic E-state index is 0.0585. The molecular weight excluding hydrogens is 277 g/mol. The molecule has 0 aliphatic carbocycles. The second kappa shape index (κ2) is 4.14. The van der Waals surface area contributed by atoms with Crippen LogP contribution in [0.4, 0.5) is 5.69 Å². The molecule has 15 heavy (non-hydrogen) atoms. The van der Waals surface area contributed by atoms with Gasteiger partial charge in [0.15, 0.2) is 0 Å². The number of benzene rings is 1. The lowest BCUT2D eigenvalue weighted by Crippen LogP contribution is -2.24. The molecule has 2 nitrogen and oxygen atoms in total. The van der Waals surface area contributed by atoms with Crippen molar-refractivity contribution in [1.82, 2.24) is 0 Å². The Morgan fingerprint density at radius 3 is 2.73 bits per heavy atom. The van der Waals surface area contributed by atoms with Crippen molar-refractivity contribution < 1.29 is 4.79 Å². The van der Waals surface area contributed by atoms with Gasteiger partial charge in [0.25, 0.3) is 0 Å². The summed E-state index contributed by atoms with van der Waals surface area (Å²) in [5.74, 6) is 0.104. The van der Waals surface area contributed by atoms with Crippen molar-refractivity contribution in [2.45, 2.75) is 18.7 Å². The number of hydrogen-bond acceptors (Lipinski definition) is 1. The number of anilines is 1. The molecule has 80 valence electrons. The third-order valence-electron chi connectivity index (χ3n) is 2.42. The molecule has 1 amide bonds. The second-order valence-corrected chi connectivity index (χ2v) is 5.33. The number of hydrogen-bond donors (Lipinski definition) is 0. The molecule has 1 aromatic carbocycles. The molecule has 1 heterocycles. The van der Waals surface area contributed by atoms with Crippen LogP contribution in [0.3, 0.4) is 0 Å². The van der Waals surface area contributed by atoms with E-state index in [0.29, 0.717) is 13.0 Å². The van der Waals surface area contributed by atoms with Gasteiger partial charge < -0.3 is 4.90 Å². The lowest BCUT2D eigenvalue weighted by Gasteiger charge is -2.16. The van der Waals surface area contributed by atoms with Crippen LogP contribution in [0.15, 0.2) is 22.7 Å². The molecule has 1 aliphatic heterocycles. The highest BCUT2D eigenvalue weighted by atomic mass is 79.9. The number of nitrogens with zero attached hydrogens (tertiary/aromatic N) is 1. The molecule has 1 aromatic rings. The monoisotopic (exact) mass is 287 g/mol.